The van der Waals surface area contributed by atoms with Crippen LogP contribution in [0.5, 0.6) is 0 Å². The van der Waals surface area contributed by atoms with Crippen LogP contribution in [0.4, 0.5) is 5.69 Å². The van der Waals surface area contributed by atoms with Crippen molar-refractivity contribution < 1.29 is 0 Å². The van der Waals surface area contributed by atoms with Crippen molar-refractivity contribution in [1.29, 1.82) is 0 Å². The molecule has 1 saturated heterocycles. The van der Waals surface area contributed by atoms with Gasteiger partial charge < -0.3 is 5.32 Å². The number of aryl methyl sites for hydroxylation is 1. The van der Waals surface area contributed by atoms with Crippen molar-refractivity contribution in [1.82, 2.24) is 0 Å². The molecule has 1 fully saturated rings. The maximum atomic E-state index is 5.92. The summed E-state index contributed by atoms with van der Waals surface area (Å²) in [6, 6.07) is 6.65. The fourth-order valence-electron chi connectivity index (χ4n) is 1.93. The number of thioether (sulfide) groups is 1. The summed E-state index contributed by atoms with van der Waals surface area (Å²) in [5.41, 5.74) is 2.45. The molecule has 0 aromatic heterocycles. The molecule has 0 spiro atoms. The van der Waals surface area contributed by atoms with E-state index in [0.717, 1.165) is 10.3 Å². The SMILES string of the molecule is Cc1cc(Cl)ccc1NC1CSC(C)C1. The zero-order valence-corrected chi connectivity index (χ0v) is 10.7. The van der Waals surface area contributed by atoms with Gasteiger partial charge in [-0.05, 0) is 37.1 Å². The maximum Gasteiger partial charge on any atom is 0.0410 e. The number of hydrogen-bond acceptors (Lipinski definition) is 2. The molecule has 82 valence electrons. The van der Waals surface area contributed by atoms with Crippen LogP contribution in [0.1, 0.15) is 18.9 Å². The molecular formula is C12H16ClNS. The van der Waals surface area contributed by atoms with E-state index < -0.39 is 0 Å². The van der Waals surface area contributed by atoms with Crippen LogP contribution >= 0.6 is 23.4 Å². The van der Waals surface area contributed by atoms with Gasteiger partial charge in [0.1, 0.15) is 0 Å². The quantitative estimate of drug-likeness (QED) is 0.842. The molecule has 0 amide bonds. The van der Waals surface area contributed by atoms with E-state index in [1.54, 1.807) is 0 Å². The largest absolute Gasteiger partial charge is 0.381 e. The Morgan fingerprint density at radius 3 is 2.87 bits per heavy atom. The lowest BCUT2D eigenvalue weighted by molar-refractivity contribution is 0.746. The zero-order chi connectivity index (χ0) is 10.8. The van der Waals surface area contributed by atoms with Crippen LogP contribution in [0.2, 0.25) is 5.02 Å². The maximum absolute atomic E-state index is 5.92. The highest BCUT2D eigenvalue weighted by molar-refractivity contribution is 8.00. The van der Waals surface area contributed by atoms with Crippen molar-refractivity contribution in [3.8, 4) is 0 Å². The Kier molecular flexibility index (Phi) is 3.47. The van der Waals surface area contributed by atoms with Gasteiger partial charge in [-0.3, -0.25) is 0 Å². The summed E-state index contributed by atoms with van der Waals surface area (Å²) in [7, 11) is 0. The molecule has 2 rings (SSSR count). The average Bonchev–Trinajstić information content (AvgIpc) is 2.56. The second-order valence-electron chi connectivity index (χ2n) is 4.18. The fraction of sp³-hybridized carbons (Fsp3) is 0.500. The number of anilines is 1. The van der Waals surface area contributed by atoms with Gasteiger partial charge in [0.2, 0.25) is 0 Å². The van der Waals surface area contributed by atoms with E-state index in [1.807, 2.05) is 23.9 Å². The summed E-state index contributed by atoms with van der Waals surface area (Å²) in [6.07, 6.45) is 1.26. The van der Waals surface area contributed by atoms with Gasteiger partial charge in [0.15, 0.2) is 0 Å². The summed E-state index contributed by atoms with van der Waals surface area (Å²) in [5.74, 6) is 1.21. The second kappa shape index (κ2) is 4.67. The number of benzene rings is 1. The first-order valence-corrected chi connectivity index (χ1v) is 6.72. The normalized spacial score (nSPS) is 25.5. The second-order valence-corrected chi connectivity index (χ2v) is 6.09. The minimum absolute atomic E-state index is 0.616. The van der Waals surface area contributed by atoms with E-state index in [4.69, 9.17) is 11.6 Å². The van der Waals surface area contributed by atoms with Crippen molar-refractivity contribution in [2.24, 2.45) is 0 Å². The van der Waals surface area contributed by atoms with Crippen molar-refractivity contribution in [3.05, 3.63) is 28.8 Å². The Labute approximate surface area is 101 Å². The topological polar surface area (TPSA) is 12.0 Å². The summed E-state index contributed by atoms with van der Waals surface area (Å²) < 4.78 is 0. The van der Waals surface area contributed by atoms with Crippen molar-refractivity contribution in [2.75, 3.05) is 11.1 Å². The predicted molar refractivity (Wildman–Crippen MR) is 70.1 cm³/mol. The number of nitrogens with one attached hydrogen (secondary N) is 1. The van der Waals surface area contributed by atoms with Crippen molar-refractivity contribution in [2.45, 2.75) is 31.6 Å². The molecule has 15 heavy (non-hydrogen) atoms. The van der Waals surface area contributed by atoms with E-state index in [0.29, 0.717) is 6.04 Å². The molecule has 1 aromatic rings. The minimum atomic E-state index is 0.616. The minimum Gasteiger partial charge on any atom is -0.381 e. The Hall–Kier alpha value is -0.340. The lowest BCUT2D eigenvalue weighted by Gasteiger charge is -2.15. The van der Waals surface area contributed by atoms with Crippen molar-refractivity contribution in [3.63, 3.8) is 0 Å². The van der Waals surface area contributed by atoms with Gasteiger partial charge in [-0.2, -0.15) is 11.8 Å². The van der Waals surface area contributed by atoms with E-state index in [9.17, 15) is 0 Å². The number of hydrogen-bond donors (Lipinski definition) is 1. The number of halogens is 1. The summed E-state index contributed by atoms with van der Waals surface area (Å²) >= 11 is 7.97. The molecule has 0 saturated carbocycles. The van der Waals surface area contributed by atoms with E-state index >= 15 is 0 Å². The van der Waals surface area contributed by atoms with Gasteiger partial charge in [0.05, 0.1) is 0 Å². The van der Waals surface area contributed by atoms with Gasteiger partial charge in [-0.25, -0.2) is 0 Å². The Bertz CT molecular complexity index is 353. The molecule has 0 radical (unpaired) electrons. The smallest absolute Gasteiger partial charge is 0.0410 e. The van der Waals surface area contributed by atoms with Crippen LogP contribution in [0.15, 0.2) is 18.2 Å². The molecule has 0 bridgehead atoms. The Morgan fingerprint density at radius 1 is 1.47 bits per heavy atom. The third-order valence-corrected chi connectivity index (χ3v) is 4.34. The van der Waals surface area contributed by atoms with Crippen LogP contribution < -0.4 is 5.32 Å². The Balaban J connectivity index is 2.04. The van der Waals surface area contributed by atoms with Gasteiger partial charge in [-0.15, -0.1) is 0 Å². The van der Waals surface area contributed by atoms with Crippen molar-refractivity contribution >= 4 is 29.1 Å². The molecule has 1 N–H and O–H groups in total. The molecule has 1 nitrogen and oxygen atoms in total. The third kappa shape index (κ3) is 2.82. The summed E-state index contributed by atoms with van der Waals surface area (Å²) in [6.45, 7) is 4.39. The lowest BCUT2D eigenvalue weighted by Crippen LogP contribution is -2.19. The summed E-state index contributed by atoms with van der Waals surface area (Å²) in [5, 5.41) is 5.19. The fourth-order valence-corrected chi connectivity index (χ4v) is 3.30. The zero-order valence-electron chi connectivity index (χ0n) is 9.09. The molecule has 2 unspecified atom stereocenters. The lowest BCUT2D eigenvalue weighted by atomic mass is 10.1. The van der Waals surface area contributed by atoms with E-state index in [2.05, 4.69) is 25.2 Å². The molecular weight excluding hydrogens is 226 g/mol. The van der Waals surface area contributed by atoms with Crippen LogP contribution in [0.25, 0.3) is 0 Å². The first kappa shape index (κ1) is 11.2. The highest BCUT2D eigenvalue weighted by Gasteiger charge is 2.21. The highest BCUT2D eigenvalue weighted by atomic mass is 35.5. The van der Waals surface area contributed by atoms with Gasteiger partial charge in [-0.1, -0.05) is 18.5 Å². The molecule has 3 heteroatoms. The van der Waals surface area contributed by atoms with Crippen LogP contribution in [-0.4, -0.2) is 17.0 Å². The van der Waals surface area contributed by atoms with Crippen LogP contribution in [0.3, 0.4) is 0 Å². The van der Waals surface area contributed by atoms with Crippen LogP contribution in [0, 0.1) is 6.92 Å². The van der Waals surface area contributed by atoms with Gasteiger partial charge >= 0.3 is 0 Å². The molecule has 0 aliphatic carbocycles. The van der Waals surface area contributed by atoms with Gasteiger partial charge in [0, 0.05) is 27.8 Å². The van der Waals surface area contributed by atoms with E-state index in [1.165, 1.54) is 23.4 Å². The monoisotopic (exact) mass is 241 g/mol. The molecule has 1 aromatic carbocycles. The van der Waals surface area contributed by atoms with Crippen LogP contribution in [-0.2, 0) is 0 Å². The molecule has 1 aliphatic heterocycles. The first-order chi connectivity index (χ1) is 7.15. The molecule has 1 heterocycles. The van der Waals surface area contributed by atoms with E-state index in [-0.39, 0.29) is 0 Å². The number of rotatable bonds is 2. The molecule has 2 atom stereocenters. The highest BCUT2D eigenvalue weighted by Crippen LogP contribution is 2.29. The standard InChI is InChI=1S/C12H16ClNS/c1-8-5-10(13)3-4-12(8)14-11-6-9(2)15-7-11/h3-5,9,11,14H,6-7H2,1-2H3. The predicted octanol–water partition coefficient (Wildman–Crippen LogP) is 3.95. The Morgan fingerprint density at radius 2 is 2.27 bits per heavy atom. The van der Waals surface area contributed by atoms with Gasteiger partial charge in [0.25, 0.3) is 0 Å². The first-order valence-electron chi connectivity index (χ1n) is 5.29. The average molecular weight is 242 g/mol. The molecule has 1 aliphatic rings. The summed E-state index contributed by atoms with van der Waals surface area (Å²) in [4.78, 5) is 0. The third-order valence-electron chi connectivity index (χ3n) is 2.75.